The molecule has 3 nitrogen and oxygen atoms in total. The second kappa shape index (κ2) is 5.15. The van der Waals surface area contributed by atoms with Gasteiger partial charge in [-0.2, -0.15) is 0 Å². The summed E-state index contributed by atoms with van der Waals surface area (Å²) in [5.74, 6) is 2.01. The van der Waals surface area contributed by atoms with Crippen LogP contribution in [0.25, 0.3) is 0 Å². The van der Waals surface area contributed by atoms with E-state index in [-0.39, 0.29) is 5.91 Å². The van der Waals surface area contributed by atoms with Crippen molar-refractivity contribution in [1.29, 1.82) is 0 Å². The third-order valence-electron chi connectivity index (χ3n) is 5.21. The Morgan fingerprint density at radius 3 is 2.24 bits per heavy atom. The van der Waals surface area contributed by atoms with Gasteiger partial charge >= 0.3 is 0 Å². The molecule has 112 valence electrons. The molecule has 21 heavy (non-hydrogen) atoms. The van der Waals surface area contributed by atoms with Gasteiger partial charge in [0.2, 0.25) is 0 Å². The Balaban J connectivity index is 1.52. The number of carbonyl (C=O) groups excluding carboxylic acids is 1. The van der Waals surface area contributed by atoms with Crippen LogP contribution in [-0.2, 0) is 0 Å². The molecule has 2 atom stereocenters. The predicted octanol–water partition coefficient (Wildman–Crippen LogP) is 3.06. The molecule has 1 aliphatic carbocycles. The van der Waals surface area contributed by atoms with Gasteiger partial charge in [0.1, 0.15) is 0 Å². The maximum Gasteiger partial charge on any atom is 0.251 e. The maximum atomic E-state index is 12.5. The minimum atomic E-state index is -0.0492. The first-order valence-electron chi connectivity index (χ1n) is 7.58. The van der Waals surface area contributed by atoms with Crippen LogP contribution in [0.4, 0.5) is 0 Å². The van der Waals surface area contributed by atoms with Crippen molar-refractivity contribution in [2.75, 3.05) is 19.6 Å². The van der Waals surface area contributed by atoms with Crippen molar-refractivity contribution in [3.8, 4) is 0 Å². The monoisotopic (exact) mass is 324 g/mol. The lowest BCUT2D eigenvalue weighted by Crippen LogP contribution is -2.64. The van der Waals surface area contributed by atoms with E-state index in [1.807, 2.05) is 0 Å². The highest BCUT2D eigenvalue weighted by atomic mass is 35.5. The van der Waals surface area contributed by atoms with E-state index in [4.69, 9.17) is 23.2 Å². The highest BCUT2D eigenvalue weighted by Gasteiger charge is 2.47. The van der Waals surface area contributed by atoms with E-state index in [0.717, 1.165) is 19.0 Å². The highest BCUT2D eigenvalue weighted by Crippen LogP contribution is 2.43. The van der Waals surface area contributed by atoms with Crippen molar-refractivity contribution < 1.29 is 4.79 Å². The minimum Gasteiger partial charge on any atom is -0.349 e. The lowest BCUT2D eigenvalue weighted by molar-refractivity contribution is -0.0418. The van der Waals surface area contributed by atoms with Gasteiger partial charge in [-0.05, 0) is 48.8 Å². The van der Waals surface area contributed by atoms with E-state index in [2.05, 4.69) is 10.2 Å². The average molecular weight is 325 g/mol. The molecule has 1 N–H and O–H groups in total. The number of nitrogens with one attached hydrogen (secondary N) is 1. The zero-order chi connectivity index (χ0) is 14.6. The largest absolute Gasteiger partial charge is 0.349 e. The number of hydrogen-bond acceptors (Lipinski definition) is 2. The molecule has 5 rings (SSSR count). The lowest BCUT2D eigenvalue weighted by Gasteiger charge is -2.55. The number of benzene rings is 1. The Labute approximate surface area is 134 Å². The van der Waals surface area contributed by atoms with Gasteiger partial charge in [-0.3, -0.25) is 4.79 Å². The van der Waals surface area contributed by atoms with Gasteiger partial charge in [0.25, 0.3) is 5.91 Å². The van der Waals surface area contributed by atoms with Gasteiger partial charge in [-0.15, -0.1) is 0 Å². The van der Waals surface area contributed by atoms with Crippen LogP contribution >= 0.6 is 23.2 Å². The van der Waals surface area contributed by atoms with E-state index in [0.29, 0.717) is 33.5 Å². The topological polar surface area (TPSA) is 32.3 Å². The van der Waals surface area contributed by atoms with Crippen LogP contribution in [-0.4, -0.2) is 36.5 Å². The molecule has 2 unspecified atom stereocenters. The summed E-state index contributed by atoms with van der Waals surface area (Å²) in [5.41, 5.74) is 0.557. The molecule has 1 saturated carbocycles. The van der Waals surface area contributed by atoms with Crippen LogP contribution < -0.4 is 5.32 Å². The Bertz CT molecular complexity index is 541. The molecule has 4 fully saturated rings. The van der Waals surface area contributed by atoms with Crippen LogP contribution in [0.1, 0.15) is 23.2 Å². The van der Waals surface area contributed by atoms with Crippen LogP contribution in [0.2, 0.25) is 10.0 Å². The highest BCUT2D eigenvalue weighted by molar-refractivity contribution is 6.35. The van der Waals surface area contributed by atoms with Gasteiger partial charge in [0.15, 0.2) is 0 Å². The molecular weight excluding hydrogens is 307 g/mol. The Morgan fingerprint density at radius 1 is 1.05 bits per heavy atom. The molecule has 1 aromatic carbocycles. The minimum absolute atomic E-state index is 0.0492. The van der Waals surface area contributed by atoms with Gasteiger partial charge in [-0.25, -0.2) is 0 Å². The standard InChI is InChI=1S/C16H18Cl2N2O/c17-13-3-10(4-14(18)5-13)16(21)19-15-11-1-9-2-12(15)8-20(6-9)7-11/h3-5,9,11-12,15H,1-2,6-8H2,(H,19,21). The normalized spacial score (nSPS) is 36.8. The van der Waals surface area contributed by atoms with E-state index in [1.54, 1.807) is 18.2 Å². The van der Waals surface area contributed by atoms with E-state index in [1.165, 1.54) is 19.4 Å². The molecule has 4 bridgehead atoms. The zero-order valence-electron chi connectivity index (χ0n) is 11.7. The second-order valence-corrected chi connectivity index (χ2v) is 7.61. The first-order chi connectivity index (χ1) is 10.1. The lowest BCUT2D eigenvalue weighted by atomic mass is 9.65. The molecule has 0 aromatic heterocycles. The summed E-state index contributed by atoms with van der Waals surface area (Å²) in [4.78, 5) is 15.1. The number of piperidine rings is 3. The molecule has 4 aliphatic rings. The Kier molecular flexibility index (Phi) is 3.40. The quantitative estimate of drug-likeness (QED) is 0.906. The van der Waals surface area contributed by atoms with Gasteiger partial charge in [0, 0.05) is 41.3 Å². The summed E-state index contributed by atoms with van der Waals surface area (Å²) in [6, 6.07) is 5.32. The van der Waals surface area contributed by atoms with Crippen LogP contribution in [0, 0.1) is 17.8 Å². The third kappa shape index (κ3) is 2.56. The summed E-state index contributed by atoms with van der Waals surface area (Å²) in [7, 11) is 0. The number of amides is 1. The van der Waals surface area contributed by atoms with Gasteiger partial charge in [0.05, 0.1) is 0 Å². The van der Waals surface area contributed by atoms with Crippen molar-refractivity contribution in [2.24, 2.45) is 17.8 Å². The Morgan fingerprint density at radius 2 is 1.67 bits per heavy atom. The van der Waals surface area contributed by atoms with Gasteiger partial charge in [-0.1, -0.05) is 23.2 Å². The summed E-state index contributed by atoms with van der Waals surface area (Å²) in [6.45, 7) is 3.53. The van der Waals surface area contributed by atoms with E-state index >= 15 is 0 Å². The number of rotatable bonds is 2. The number of hydrogen-bond donors (Lipinski definition) is 1. The molecule has 3 aliphatic heterocycles. The van der Waals surface area contributed by atoms with E-state index < -0.39 is 0 Å². The van der Waals surface area contributed by atoms with Crippen molar-refractivity contribution in [2.45, 2.75) is 18.9 Å². The third-order valence-corrected chi connectivity index (χ3v) is 5.65. The molecular formula is C16H18Cl2N2O. The SMILES string of the molecule is O=C(NC1C2CC3CC1CN(C3)C2)c1cc(Cl)cc(Cl)c1. The fraction of sp³-hybridized carbons (Fsp3) is 0.562. The summed E-state index contributed by atoms with van der Waals surface area (Å²) in [5, 5.41) is 4.26. The molecule has 0 spiro atoms. The molecule has 1 amide bonds. The van der Waals surface area contributed by atoms with E-state index in [9.17, 15) is 4.79 Å². The summed E-state index contributed by atoms with van der Waals surface area (Å²) < 4.78 is 0. The fourth-order valence-corrected chi connectivity index (χ4v) is 5.09. The number of carbonyl (C=O) groups is 1. The van der Waals surface area contributed by atoms with Crippen LogP contribution in [0.5, 0.6) is 0 Å². The summed E-state index contributed by atoms with van der Waals surface area (Å²) in [6.07, 6.45) is 2.52. The molecule has 3 heterocycles. The molecule has 3 saturated heterocycles. The first-order valence-corrected chi connectivity index (χ1v) is 8.33. The average Bonchev–Trinajstić information content (AvgIpc) is 2.40. The van der Waals surface area contributed by atoms with Crippen molar-refractivity contribution >= 4 is 29.1 Å². The predicted molar refractivity (Wildman–Crippen MR) is 83.9 cm³/mol. The Hall–Kier alpha value is -0.770. The fourth-order valence-electron chi connectivity index (χ4n) is 4.56. The second-order valence-electron chi connectivity index (χ2n) is 6.73. The zero-order valence-corrected chi connectivity index (χ0v) is 13.2. The molecule has 5 heteroatoms. The summed E-state index contributed by atoms with van der Waals surface area (Å²) >= 11 is 12.0. The number of nitrogens with zero attached hydrogens (tertiary/aromatic N) is 1. The maximum absolute atomic E-state index is 12.5. The van der Waals surface area contributed by atoms with Crippen molar-refractivity contribution in [1.82, 2.24) is 10.2 Å². The molecule has 0 radical (unpaired) electrons. The van der Waals surface area contributed by atoms with Crippen molar-refractivity contribution in [3.05, 3.63) is 33.8 Å². The van der Waals surface area contributed by atoms with Crippen LogP contribution in [0.3, 0.4) is 0 Å². The molecule has 1 aromatic rings. The first kappa shape index (κ1) is 13.9. The number of halogens is 2. The van der Waals surface area contributed by atoms with Crippen LogP contribution in [0.15, 0.2) is 18.2 Å². The van der Waals surface area contributed by atoms with Crippen molar-refractivity contribution in [3.63, 3.8) is 0 Å². The smallest absolute Gasteiger partial charge is 0.251 e. The van der Waals surface area contributed by atoms with Gasteiger partial charge < -0.3 is 10.2 Å².